The van der Waals surface area contributed by atoms with E-state index < -0.39 is 18.0 Å². The van der Waals surface area contributed by atoms with E-state index >= 15 is 0 Å². The Kier molecular flexibility index (Phi) is 4.12. The van der Waals surface area contributed by atoms with Crippen molar-refractivity contribution in [3.8, 4) is 0 Å². The van der Waals surface area contributed by atoms with Crippen molar-refractivity contribution < 1.29 is 19.6 Å². The first-order valence-electron chi connectivity index (χ1n) is 6.84. The van der Waals surface area contributed by atoms with E-state index in [-0.39, 0.29) is 17.9 Å². The SMILES string of the molecule is CCC(C)C(=O)NNC(=O)[C@@H]1CC[C@@H]2CN1C(=O)N2O. The molecule has 2 fully saturated rings. The van der Waals surface area contributed by atoms with E-state index in [2.05, 4.69) is 10.9 Å². The maximum atomic E-state index is 12.0. The van der Waals surface area contributed by atoms with Gasteiger partial charge in [-0.1, -0.05) is 13.8 Å². The topological polar surface area (TPSA) is 102 Å². The first-order chi connectivity index (χ1) is 9.45. The van der Waals surface area contributed by atoms with Gasteiger partial charge in [-0.3, -0.25) is 25.6 Å². The predicted molar refractivity (Wildman–Crippen MR) is 68.3 cm³/mol. The molecule has 0 radical (unpaired) electrons. The van der Waals surface area contributed by atoms with E-state index in [0.29, 0.717) is 30.9 Å². The fourth-order valence-electron chi connectivity index (χ4n) is 2.44. The molecular weight excluding hydrogens is 264 g/mol. The van der Waals surface area contributed by atoms with Gasteiger partial charge in [0.05, 0.1) is 6.04 Å². The Hall–Kier alpha value is -1.83. The van der Waals surface area contributed by atoms with E-state index in [1.54, 1.807) is 6.92 Å². The van der Waals surface area contributed by atoms with Crippen LogP contribution in [0.25, 0.3) is 0 Å². The number of piperidine rings is 1. The van der Waals surface area contributed by atoms with Gasteiger partial charge in [0.1, 0.15) is 6.04 Å². The van der Waals surface area contributed by atoms with Gasteiger partial charge in [0.2, 0.25) is 5.91 Å². The lowest BCUT2D eigenvalue weighted by atomic mass is 10.0. The lowest BCUT2D eigenvalue weighted by molar-refractivity contribution is -0.133. The van der Waals surface area contributed by atoms with Gasteiger partial charge in [0, 0.05) is 12.5 Å². The molecule has 2 bridgehead atoms. The van der Waals surface area contributed by atoms with Crippen LogP contribution in [0.3, 0.4) is 0 Å². The van der Waals surface area contributed by atoms with Gasteiger partial charge < -0.3 is 4.90 Å². The van der Waals surface area contributed by atoms with Gasteiger partial charge >= 0.3 is 6.03 Å². The molecule has 3 atom stereocenters. The molecule has 0 spiro atoms. The lowest BCUT2D eigenvalue weighted by Gasteiger charge is -2.29. The van der Waals surface area contributed by atoms with Crippen molar-refractivity contribution in [2.75, 3.05) is 6.54 Å². The number of hydrogen-bond acceptors (Lipinski definition) is 4. The molecule has 0 aromatic heterocycles. The Balaban J connectivity index is 1.90. The van der Waals surface area contributed by atoms with E-state index in [1.165, 1.54) is 4.90 Å². The van der Waals surface area contributed by atoms with Crippen molar-refractivity contribution in [1.82, 2.24) is 20.8 Å². The number of nitrogens with zero attached hydrogens (tertiary/aromatic N) is 2. The second kappa shape index (κ2) is 5.66. The fourth-order valence-corrected chi connectivity index (χ4v) is 2.44. The third-order valence-corrected chi connectivity index (χ3v) is 4.02. The molecule has 4 amide bonds. The third kappa shape index (κ3) is 2.55. The molecule has 112 valence electrons. The van der Waals surface area contributed by atoms with Crippen LogP contribution in [0, 0.1) is 5.92 Å². The largest absolute Gasteiger partial charge is 0.344 e. The Morgan fingerprint density at radius 2 is 2.10 bits per heavy atom. The van der Waals surface area contributed by atoms with Crippen molar-refractivity contribution in [3.63, 3.8) is 0 Å². The Bertz CT molecular complexity index is 428. The molecule has 2 heterocycles. The van der Waals surface area contributed by atoms with Crippen LogP contribution >= 0.6 is 0 Å². The standard InChI is InChI=1S/C12H20N4O4/c1-3-7(2)10(17)13-14-11(18)9-5-4-8-6-15(9)12(19)16(8)20/h7-9,20H,3-6H2,1-2H3,(H,13,17)(H,14,18)/t7?,8-,9+/m1/s1. The number of hydrogen-bond donors (Lipinski definition) is 3. The third-order valence-electron chi connectivity index (χ3n) is 4.02. The molecule has 3 N–H and O–H groups in total. The van der Waals surface area contributed by atoms with E-state index in [4.69, 9.17) is 0 Å². The average Bonchev–Trinajstić information content (AvgIpc) is 2.68. The van der Waals surface area contributed by atoms with Crippen LogP contribution in [-0.2, 0) is 9.59 Å². The minimum atomic E-state index is -0.645. The highest BCUT2D eigenvalue weighted by molar-refractivity contribution is 5.90. The zero-order valence-corrected chi connectivity index (χ0v) is 11.6. The molecule has 2 aliphatic heterocycles. The van der Waals surface area contributed by atoms with Crippen LogP contribution in [0.4, 0.5) is 4.79 Å². The zero-order chi connectivity index (χ0) is 14.9. The van der Waals surface area contributed by atoms with Crippen molar-refractivity contribution in [2.24, 2.45) is 5.92 Å². The molecule has 0 saturated carbocycles. The maximum absolute atomic E-state index is 12.0. The van der Waals surface area contributed by atoms with Gasteiger partial charge in [-0.2, -0.15) is 0 Å². The number of rotatable bonds is 3. The van der Waals surface area contributed by atoms with Crippen LogP contribution in [-0.4, -0.2) is 51.6 Å². The number of amides is 4. The van der Waals surface area contributed by atoms with Crippen molar-refractivity contribution in [2.45, 2.75) is 45.2 Å². The quantitative estimate of drug-likeness (QED) is 0.495. The number of urea groups is 1. The molecule has 20 heavy (non-hydrogen) atoms. The molecule has 0 aliphatic carbocycles. The van der Waals surface area contributed by atoms with Gasteiger partial charge in [-0.15, -0.1) is 0 Å². The summed E-state index contributed by atoms with van der Waals surface area (Å²) in [6.07, 6.45) is 1.71. The normalized spacial score (nSPS) is 26.4. The molecule has 0 aromatic rings. The number of carbonyl (C=O) groups excluding carboxylic acids is 3. The maximum Gasteiger partial charge on any atom is 0.344 e. The predicted octanol–water partition coefficient (Wildman–Crippen LogP) is -0.162. The van der Waals surface area contributed by atoms with Crippen LogP contribution < -0.4 is 10.9 Å². The molecule has 8 nitrogen and oxygen atoms in total. The van der Waals surface area contributed by atoms with Gasteiger partial charge in [0.25, 0.3) is 5.91 Å². The molecule has 1 unspecified atom stereocenters. The van der Waals surface area contributed by atoms with Crippen LogP contribution in [0.15, 0.2) is 0 Å². The van der Waals surface area contributed by atoms with Crippen molar-refractivity contribution >= 4 is 17.8 Å². The number of nitrogens with one attached hydrogen (secondary N) is 2. The molecule has 0 aromatic carbocycles. The van der Waals surface area contributed by atoms with Gasteiger partial charge in [-0.25, -0.2) is 9.86 Å². The summed E-state index contributed by atoms with van der Waals surface area (Å²) in [6, 6.07) is -1.43. The van der Waals surface area contributed by atoms with E-state index in [0.717, 1.165) is 0 Å². The lowest BCUT2D eigenvalue weighted by Crippen LogP contribution is -2.54. The monoisotopic (exact) mass is 284 g/mol. The molecule has 2 saturated heterocycles. The first-order valence-corrected chi connectivity index (χ1v) is 6.84. The second-order valence-corrected chi connectivity index (χ2v) is 5.31. The van der Waals surface area contributed by atoms with E-state index in [1.807, 2.05) is 6.92 Å². The van der Waals surface area contributed by atoms with E-state index in [9.17, 15) is 19.6 Å². The highest BCUT2D eigenvalue weighted by Gasteiger charge is 2.46. The smallest absolute Gasteiger partial charge is 0.309 e. The summed E-state index contributed by atoms with van der Waals surface area (Å²) in [5, 5.41) is 10.2. The minimum Gasteiger partial charge on any atom is -0.309 e. The Morgan fingerprint density at radius 3 is 2.75 bits per heavy atom. The summed E-state index contributed by atoms with van der Waals surface area (Å²) >= 11 is 0. The number of hydroxylamine groups is 2. The van der Waals surface area contributed by atoms with Gasteiger partial charge in [-0.05, 0) is 19.3 Å². The second-order valence-electron chi connectivity index (χ2n) is 5.31. The summed E-state index contributed by atoms with van der Waals surface area (Å²) in [7, 11) is 0. The number of carbonyl (C=O) groups is 3. The average molecular weight is 284 g/mol. The highest BCUT2D eigenvalue weighted by Crippen LogP contribution is 2.28. The number of hydrazine groups is 1. The molecular formula is C12H20N4O4. The van der Waals surface area contributed by atoms with Crippen molar-refractivity contribution in [3.05, 3.63) is 0 Å². The molecule has 2 rings (SSSR count). The molecule has 2 aliphatic rings. The fraction of sp³-hybridized carbons (Fsp3) is 0.750. The van der Waals surface area contributed by atoms with Crippen LogP contribution in [0.5, 0.6) is 0 Å². The van der Waals surface area contributed by atoms with Crippen LogP contribution in [0.2, 0.25) is 0 Å². The van der Waals surface area contributed by atoms with Crippen LogP contribution in [0.1, 0.15) is 33.1 Å². The summed E-state index contributed by atoms with van der Waals surface area (Å²) in [5.74, 6) is -0.873. The Morgan fingerprint density at radius 1 is 1.40 bits per heavy atom. The minimum absolute atomic E-state index is 0.188. The Labute approximate surface area is 117 Å². The summed E-state index contributed by atoms with van der Waals surface area (Å²) < 4.78 is 0. The zero-order valence-electron chi connectivity index (χ0n) is 11.6. The van der Waals surface area contributed by atoms with Gasteiger partial charge in [0.15, 0.2) is 0 Å². The number of fused-ring (bicyclic) bond motifs is 2. The highest BCUT2D eigenvalue weighted by atomic mass is 16.5. The summed E-state index contributed by atoms with van der Waals surface area (Å²) in [5.41, 5.74) is 4.72. The molecule has 8 heteroatoms. The van der Waals surface area contributed by atoms with Crippen molar-refractivity contribution in [1.29, 1.82) is 0 Å². The summed E-state index contributed by atoms with van der Waals surface area (Å²) in [4.78, 5) is 36.7. The first kappa shape index (κ1) is 14.6. The summed E-state index contributed by atoms with van der Waals surface area (Å²) in [6.45, 7) is 3.99.